The molecule has 0 unspecified atom stereocenters. The van der Waals surface area contributed by atoms with Crippen LogP contribution in [0.3, 0.4) is 0 Å². The summed E-state index contributed by atoms with van der Waals surface area (Å²) in [4.78, 5) is 29.9. The first-order valence-electron chi connectivity index (χ1n) is 7.64. The molecule has 0 radical (unpaired) electrons. The molecule has 126 valence electrons. The van der Waals surface area contributed by atoms with Crippen LogP contribution in [-0.2, 0) is 6.54 Å². The quantitative estimate of drug-likeness (QED) is 0.408. The number of rotatable bonds is 4. The maximum Gasteiger partial charge on any atom is 0.262 e. The fraction of sp³-hybridized carbons (Fsp3) is 0.167. The number of hydrogen-bond donors (Lipinski definition) is 0. The van der Waals surface area contributed by atoms with E-state index in [-0.39, 0.29) is 24.7 Å². The molecule has 7 heteroatoms. The summed E-state index contributed by atoms with van der Waals surface area (Å²) in [6.45, 7) is 0.0735. The Balaban J connectivity index is 1.73. The minimum absolute atomic E-state index is 0.0769. The predicted molar refractivity (Wildman–Crippen MR) is 94.7 cm³/mol. The lowest BCUT2D eigenvalue weighted by molar-refractivity contribution is 0.0966. The Morgan fingerprint density at radius 2 is 2.00 bits per heavy atom. The number of nitrogens with zero attached hydrogens (tertiary/aromatic N) is 2. The van der Waals surface area contributed by atoms with E-state index in [0.29, 0.717) is 33.1 Å². The number of carbonyl (C=O) groups excluding carboxylic acids is 1. The average Bonchev–Trinajstić information content (AvgIpc) is 3.11. The van der Waals surface area contributed by atoms with Crippen molar-refractivity contribution < 1.29 is 14.3 Å². The number of benzene rings is 2. The van der Waals surface area contributed by atoms with Gasteiger partial charge in [-0.3, -0.25) is 14.2 Å². The Bertz CT molecular complexity index is 1040. The van der Waals surface area contributed by atoms with Gasteiger partial charge < -0.3 is 9.47 Å². The number of carbonyl (C=O) groups is 1. The Labute approximate surface area is 147 Å². The zero-order chi connectivity index (χ0) is 17.4. The first-order chi connectivity index (χ1) is 12.2. The molecule has 2 aromatic carbocycles. The van der Waals surface area contributed by atoms with Crippen molar-refractivity contribution in [2.24, 2.45) is 0 Å². The third kappa shape index (κ3) is 2.76. The topological polar surface area (TPSA) is 70.4 Å². The van der Waals surface area contributed by atoms with E-state index < -0.39 is 0 Å². The van der Waals surface area contributed by atoms with Crippen LogP contribution in [0.15, 0.2) is 52.4 Å². The molecule has 0 spiro atoms. The first-order valence-corrected chi connectivity index (χ1v) is 8.86. The summed E-state index contributed by atoms with van der Waals surface area (Å²) in [7, 11) is 0. The molecule has 0 N–H and O–H groups in total. The lowest BCUT2D eigenvalue weighted by Crippen LogP contribution is -2.27. The van der Waals surface area contributed by atoms with Crippen LogP contribution >= 0.6 is 11.8 Å². The summed E-state index contributed by atoms with van der Waals surface area (Å²) in [6, 6.07) is 12.1. The van der Waals surface area contributed by atoms with Crippen molar-refractivity contribution in [3.8, 4) is 11.5 Å². The number of para-hydroxylation sites is 1. The number of Topliss-reactive ketones (excluding diaryl/α,β-unsaturated/α-hetero) is 1. The highest BCUT2D eigenvalue weighted by atomic mass is 32.2. The van der Waals surface area contributed by atoms with Crippen molar-refractivity contribution in [1.29, 1.82) is 0 Å². The van der Waals surface area contributed by atoms with Crippen molar-refractivity contribution in [2.75, 3.05) is 13.0 Å². The molecule has 0 amide bonds. The van der Waals surface area contributed by atoms with Gasteiger partial charge in [-0.2, -0.15) is 0 Å². The van der Waals surface area contributed by atoms with Gasteiger partial charge in [-0.05, 0) is 36.6 Å². The fourth-order valence-corrected chi connectivity index (χ4v) is 3.31. The first kappa shape index (κ1) is 15.7. The normalized spacial score (nSPS) is 12.5. The summed E-state index contributed by atoms with van der Waals surface area (Å²) in [5.41, 5.74) is 0.879. The van der Waals surface area contributed by atoms with Crippen molar-refractivity contribution in [1.82, 2.24) is 9.55 Å². The van der Waals surface area contributed by atoms with E-state index in [1.807, 2.05) is 12.3 Å². The van der Waals surface area contributed by atoms with E-state index in [9.17, 15) is 9.59 Å². The van der Waals surface area contributed by atoms with Gasteiger partial charge in [0.05, 0.1) is 17.4 Å². The third-order valence-electron chi connectivity index (χ3n) is 4.01. The van der Waals surface area contributed by atoms with E-state index in [0.717, 1.165) is 0 Å². The van der Waals surface area contributed by atoms with Gasteiger partial charge in [0.2, 0.25) is 6.79 Å². The number of hydrogen-bond acceptors (Lipinski definition) is 6. The largest absolute Gasteiger partial charge is 0.454 e. The van der Waals surface area contributed by atoms with Crippen LogP contribution in [0.25, 0.3) is 10.9 Å². The molecule has 4 rings (SSSR count). The summed E-state index contributed by atoms with van der Waals surface area (Å²) in [5, 5.41) is 1.01. The highest BCUT2D eigenvalue weighted by Gasteiger charge is 2.18. The van der Waals surface area contributed by atoms with Gasteiger partial charge in [0.25, 0.3) is 5.56 Å². The third-order valence-corrected chi connectivity index (χ3v) is 4.68. The number of aromatic nitrogens is 2. The Hall–Kier alpha value is -2.80. The molecule has 1 aliphatic heterocycles. The number of ether oxygens (including phenoxy) is 2. The second kappa shape index (κ2) is 6.25. The van der Waals surface area contributed by atoms with E-state index in [2.05, 4.69) is 4.98 Å². The standard InChI is InChI=1S/C18H14N2O4S/c1-25-18-19-13-5-3-2-4-12(13)17(22)20(18)9-14(21)11-6-7-15-16(8-11)24-10-23-15/h2-8H,9-10H2,1H3. The van der Waals surface area contributed by atoms with Crippen molar-refractivity contribution >= 4 is 28.4 Å². The minimum atomic E-state index is -0.218. The van der Waals surface area contributed by atoms with Gasteiger partial charge in [0, 0.05) is 5.56 Å². The molecule has 0 saturated carbocycles. The maximum atomic E-state index is 12.8. The fourth-order valence-electron chi connectivity index (χ4n) is 2.75. The summed E-state index contributed by atoms with van der Waals surface area (Å²) in [5.74, 6) is 0.971. The van der Waals surface area contributed by atoms with Crippen molar-refractivity contribution in [3.05, 3.63) is 58.4 Å². The summed E-state index contributed by atoms with van der Waals surface area (Å²) in [6.07, 6.45) is 1.83. The molecule has 0 fully saturated rings. The molecule has 0 saturated heterocycles. The molecule has 1 aliphatic rings. The van der Waals surface area contributed by atoms with Gasteiger partial charge in [-0.1, -0.05) is 23.9 Å². The molecule has 0 aliphatic carbocycles. The van der Waals surface area contributed by atoms with E-state index >= 15 is 0 Å². The zero-order valence-electron chi connectivity index (χ0n) is 13.4. The number of thioether (sulfide) groups is 1. The highest BCUT2D eigenvalue weighted by Crippen LogP contribution is 2.32. The van der Waals surface area contributed by atoms with E-state index in [1.165, 1.54) is 16.3 Å². The van der Waals surface area contributed by atoms with Crippen LogP contribution in [0.5, 0.6) is 11.5 Å². The van der Waals surface area contributed by atoms with E-state index in [1.54, 1.807) is 36.4 Å². The van der Waals surface area contributed by atoms with Crippen molar-refractivity contribution in [2.45, 2.75) is 11.7 Å². The van der Waals surface area contributed by atoms with E-state index in [4.69, 9.17) is 9.47 Å². The second-order valence-corrected chi connectivity index (χ2v) is 6.27. The summed E-state index contributed by atoms with van der Waals surface area (Å²) < 4.78 is 12.0. The van der Waals surface area contributed by atoms with Gasteiger partial charge in [-0.25, -0.2) is 4.98 Å². The Kier molecular flexibility index (Phi) is 3.93. The Morgan fingerprint density at radius 1 is 1.20 bits per heavy atom. The molecule has 0 atom stereocenters. The van der Waals surface area contributed by atoms with Crippen LogP contribution in [0, 0.1) is 0 Å². The van der Waals surface area contributed by atoms with Gasteiger partial charge in [0.1, 0.15) is 0 Å². The maximum absolute atomic E-state index is 12.8. The zero-order valence-corrected chi connectivity index (χ0v) is 14.2. The van der Waals surface area contributed by atoms with Crippen LogP contribution in [0.2, 0.25) is 0 Å². The van der Waals surface area contributed by atoms with Crippen molar-refractivity contribution in [3.63, 3.8) is 0 Å². The molecule has 0 bridgehead atoms. The van der Waals surface area contributed by atoms with Crippen LogP contribution < -0.4 is 15.0 Å². The van der Waals surface area contributed by atoms with Gasteiger partial charge in [0.15, 0.2) is 22.4 Å². The molecule has 1 aromatic heterocycles. The van der Waals surface area contributed by atoms with Crippen LogP contribution in [0.1, 0.15) is 10.4 Å². The SMILES string of the molecule is CSc1nc2ccccc2c(=O)n1CC(=O)c1ccc2c(c1)OCO2. The second-order valence-electron chi connectivity index (χ2n) is 5.50. The minimum Gasteiger partial charge on any atom is -0.454 e. The monoisotopic (exact) mass is 354 g/mol. The number of ketones is 1. The molecule has 2 heterocycles. The predicted octanol–water partition coefficient (Wildman–Crippen LogP) is 2.73. The Morgan fingerprint density at radius 3 is 2.84 bits per heavy atom. The van der Waals surface area contributed by atoms with Gasteiger partial charge in [-0.15, -0.1) is 0 Å². The lowest BCUT2D eigenvalue weighted by Gasteiger charge is -2.11. The molecule has 6 nitrogen and oxygen atoms in total. The molecule has 3 aromatic rings. The smallest absolute Gasteiger partial charge is 0.262 e. The molecular formula is C18H14N2O4S. The lowest BCUT2D eigenvalue weighted by atomic mass is 10.1. The number of fused-ring (bicyclic) bond motifs is 2. The molecular weight excluding hydrogens is 340 g/mol. The summed E-state index contributed by atoms with van der Waals surface area (Å²) >= 11 is 1.34. The molecule has 25 heavy (non-hydrogen) atoms. The van der Waals surface area contributed by atoms with Crippen LogP contribution in [-0.4, -0.2) is 28.4 Å². The van der Waals surface area contributed by atoms with Crippen LogP contribution in [0.4, 0.5) is 0 Å². The average molecular weight is 354 g/mol. The van der Waals surface area contributed by atoms with Gasteiger partial charge >= 0.3 is 0 Å². The highest BCUT2D eigenvalue weighted by molar-refractivity contribution is 7.98.